The van der Waals surface area contributed by atoms with Gasteiger partial charge in [0.25, 0.3) is 0 Å². The minimum Gasteiger partial charge on any atom is -0.480 e. The summed E-state index contributed by atoms with van der Waals surface area (Å²) >= 11 is 0. The maximum absolute atomic E-state index is 13.8. The van der Waals surface area contributed by atoms with Gasteiger partial charge in [-0.3, -0.25) is 9.05 Å². The van der Waals surface area contributed by atoms with Gasteiger partial charge in [-0.2, -0.15) is 0 Å². The van der Waals surface area contributed by atoms with Crippen LogP contribution in [0.5, 0.6) is 0 Å². The Morgan fingerprint density at radius 3 is 1.57 bits per heavy atom. The molecule has 1 saturated carbocycles. The van der Waals surface area contributed by atoms with Gasteiger partial charge in [-0.05, 0) is 81.3 Å². The lowest BCUT2D eigenvalue weighted by molar-refractivity contribution is -0.143. The van der Waals surface area contributed by atoms with Gasteiger partial charge in [-0.1, -0.05) is 79.9 Å². The van der Waals surface area contributed by atoms with Gasteiger partial charge in [0.15, 0.2) is 0 Å². The van der Waals surface area contributed by atoms with E-state index in [0.29, 0.717) is 38.5 Å². The van der Waals surface area contributed by atoms with Gasteiger partial charge in [0, 0.05) is 7.05 Å². The quantitative estimate of drug-likeness (QED) is 0.0352. The number of hydrogen-bond acceptors (Lipinski definition) is 10. The average molecular weight is 762 g/mol. The molecule has 2 aromatic rings. The number of ether oxygens (including phenoxy) is 4. The summed E-state index contributed by atoms with van der Waals surface area (Å²) in [5.41, 5.74) is 8.54. The summed E-state index contributed by atoms with van der Waals surface area (Å²) in [7, 11) is -2.69. The number of benzene rings is 2. The maximum Gasteiger partial charge on any atom is 0.508 e. The predicted octanol–water partition coefficient (Wildman–Crippen LogP) is 7.54. The van der Waals surface area contributed by atoms with Crippen LogP contribution in [-0.2, 0) is 50.2 Å². The highest BCUT2D eigenvalue weighted by Crippen LogP contribution is 2.50. The third kappa shape index (κ3) is 18.0. The fraction of sp³-hybridized carbons (Fsp3) is 0.579. The van der Waals surface area contributed by atoms with Crippen molar-refractivity contribution in [1.29, 1.82) is 0 Å². The first-order valence-electron chi connectivity index (χ1n) is 18.5. The average Bonchev–Trinajstić information content (AvgIpc) is 3.16. The molecular weight excluding hydrogens is 705 g/mol. The molecule has 0 aliphatic heterocycles. The Bertz CT molecular complexity index is 1350. The number of aliphatic carboxylic acids is 1. The molecular formula is C38H56N3O11P. The fourth-order valence-corrected chi connectivity index (χ4v) is 7.18. The molecule has 0 radical (unpaired) electrons. The van der Waals surface area contributed by atoms with Gasteiger partial charge in [0.05, 0.1) is 39.6 Å². The smallest absolute Gasteiger partial charge is 0.480 e. The molecule has 14 nitrogen and oxygen atoms in total. The summed E-state index contributed by atoms with van der Waals surface area (Å²) in [6, 6.07) is 18.8. The number of rotatable bonds is 24. The summed E-state index contributed by atoms with van der Waals surface area (Å²) in [4.78, 5) is 37.4. The largest absolute Gasteiger partial charge is 0.508 e. The van der Waals surface area contributed by atoms with Crippen LogP contribution in [0.3, 0.4) is 0 Å². The van der Waals surface area contributed by atoms with Gasteiger partial charge in [0.1, 0.15) is 6.04 Å². The summed E-state index contributed by atoms with van der Waals surface area (Å²) in [6.07, 6.45) is 7.24. The molecule has 0 bridgehead atoms. The summed E-state index contributed by atoms with van der Waals surface area (Å²) in [5, 5.41) is 10.0. The van der Waals surface area contributed by atoms with Crippen LogP contribution < -0.4 is 5.73 Å². The highest BCUT2D eigenvalue weighted by atomic mass is 31.2. The Balaban J connectivity index is 1.42. The lowest BCUT2D eigenvalue weighted by atomic mass is 9.83. The minimum absolute atomic E-state index is 0.0581. The molecule has 15 heteroatoms. The van der Waals surface area contributed by atoms with E-state index in [2.05, 4.69) is 4.76 Å². The van der Waals surface area contributed by atoms with E-state index in [1.54, 1.807) is 0 Å². The highest BCUT2D eigenvalue weighted by molar-refractivity contribution is 7.52. The normalized spacial score (nSPS) is 14.2. The van der Waals surface area contributed by atoms with E-state index in [9.17, 15) is 24.1 Å². The number of nitrogens with zero attached hydrogens (tertiary/aromatic N) is 2. The second-order valence-electron chi connectivity index (χ2n) is 12.9. The van der Waals surface area contributed by atoms with Crippen molar-refractivity contribution in [1.82, 2.24) is 4.90 Å². The summed E-state index contributed by atoms with van der Waals surface area (Å²) in [6.45, 7) is 0.490. The van der Waals surface area contributed by atoms with Gasteiger partial charge < -0.3 is 34.7 Å². The topological polar surface area (TPSA) is 186 Å². The van der Waals surface area contributed by atoms with Crippen molar-refractivity contribution < 1.29 is 52.1 Å². The Morgan fingerprint density at radius 2 is 1.13 bits per heavy atom. The van der Waals surface area contributed by atoms with Crippen LogP contribution in [0.25, 0.3) is 0 Å². The molecule has 1 aliphatic carbocycles. The Hall–Kier alpha value is -4.13. The van der Waals surface area contributed by atoms with Crippen molar-refractivity contribution in [3.8, 4) is 0 Å². The van der Waals surface area contributed by atoms with Gasteiger partial charge in [-0.25, -0.2) is 18.9 Å². The zero-order valence-corrected chi connectivity index (χ0v) is 31.7. The third-order valence-electron chi connectivity index (χ3n) is 8.72. The van der Waals surface area contributed by atoms with Crippen molar-refractivity contribution >= 4 is 32.0 Å². The molecule has 1 fully saturated rings. The SMILES string of the molecule is CN(C(N)=NP(=O)(OCCCCOC(=O)OCCCc1ccccc1)OCCCCOC(=O)OCCCc1ccccc1)C(C(=O)O)C1CCCCC1. The van der Waals surface area contributed by atoms with Crippen LogP contribution in [0.1, 0.15) is 81.8 Å². The molecule has 53 heavy (non-hydrogen) atoms. The fourth-order valence-electron chi connectivity index (χ4n) is 5.88. The van der Waals surface area contributed by atoms with Crippen molar-refractivity contribution in [2.24, 2.45) is 16.4 Å². The van der Waals surface area contributed by atoms with Crippen LogP contribution in [0.2, 0.25) is 0 Å². The van der Waals surface area contributed by atoms with Crippen molar-refractivity contribution in [2.75, 3.05) is 46.7 Å². The molecule has 1 atom stereocenters. The van der Waals surface area contributed by atoms with Gasteiger partial charge in [0.2, 0.25) is 5.96 Å². The summed E-state index contributed by atoms with van der Waals surface area (Å²) in [5.74, 6) is -1.45. The summed E-state index contributed by atoms with van der Waals surface area (Å²) < 4.78 is 49.6. The van der Waals surface area contributed by atoms with E-state index in [0.717, 1.165) is 56.1 Å². The van der Waals surface area contributed by atoms with Gasteiger partial charge >= 0.3 is 26.0 Å². The number of carboxylic acid groups (broad SMARTS) is 1. The second kappa shape index (κ2) is 25.0. The van der Waals surface area contributed by atoms with Crippen LogP contribution >= 0.6 is 7.75 Å². The molecule has 3 N–H and O–H groups in total. The standard InChI is InChI=1S/C38H56N3O11P/c1-41(34(35(42)43)33-23-9-4-10-24-33)36(39)40-53(46,51-29-13-11-25-47-37(44)49-27-15-21-31-17-5-2-6-18-31)52-30-14-12-26-48-38(45)50-28-16-22-32-19-7-3-8-20-32/h2-3,5-8,17-20,33-34H,4,9-16,21-30H2,1H3,(H,42,43)(H2,39,40,46). The minimum atomic E-state index is -4.20. The van der Waals surface area contributed by atoms with E-state index in [1.807, 2.05) is 60.7 Å². The molecule has 0 spiro atoms. The predicted molar refractivity (Wildman–Crippen MR) is 199 cm³/mol. The Kier molecular flexibility index (Phi) is 20.4. The zero-order chi connectivity index (χ0) is 38.2. The van der Waals surface area contributed by atoms with Crippen LogP contribution in [0.4, 0.5) is 9.59 Å². The molecule has 0 amide bonds. The number of nitrogens with two attached hydrogens (primary N) is 1. The molecule has 0 heterocycles. The zero-order valence-electron chi connectivity index (χ0n) is 30.8. The first-order valence-corrected chi connectivity index (χ1v) is 20.0. The number of aryl methyl sites for hydroxylation is 2. The molecule has 1 aliphatic rings. The molecule has 1 unspecified atom stereocenters. The van der Waals surface area contributed by atoms with Gasteiger partial charge in [-0.15, -0.1) is 4.76 Å². The number of guanidine groups is 1. The van der Waals surface area contributed by atoms with Crippen molar-refractivity contribution in [2.45, 2.75) is 89.5 Å². The first kappa shape index (κ1) is 43.3. The molecule has 0 saturated heterocycles. The Labute approximate surface area is 312 Å². The van der Waals surface area contributed by atoms with Crippen LogP contribution in [0.15, 0.2) is 65.4 Å². The second-order valence-corrected chi connectivity index (χ2v) is 14.5. The maximum atomic E-state index is 13.8. The molecule has 3 rings (SSSR count). The number of carboxylic acids is 1. The number of unbranched alkanes of at least 4 members (excludes halogenated alkanes) is 2. The first-order chi connectivity index (χ1) is 25.7. The van der Waals surface area contributed by atoms with Crippen LogP contribution in [0, 0.1) is 5.92 Å². The van der Waals surface area contributed by atoms with Crippen molar-refractivity contribution in [3.05, 3.63) is 71.8 Å². The number of carbonyl (C=O) groups is 3. The number of hydrogen-bond donors (Lipinski definition) is 2. The Morgan fingerprint density at radius 1 is 0.717 bits per heavy atom. The van der Waals surface area contributed by atoms with E-state index in [-0.39, 0.29) is 51.5 Å². The molecule has 2 aromatic carbocycles. The molecule has 0 aromatic heterocycles. The van der Waals surface area contributed by atoms with E-state index in [1.165, 1.54) is 11.9 Å². The molecule has 294 valence electrons. The van der Waals surface area contributed by atoms with E-state index >= 15 is 0 Å². The third-order valence-corrected chi connectivity index (χ3v) is 10.2. The van der Waals surface area contributed by atoms with E-state index in [4.69, 9.17) is 33.7 Å². The lowest BCUT2D eigenvalue weighted by Crippen LogP contribution is -2.50. The number of carbonyl (C=O) groups excluding carboxylic acids is 2. The highest BCUT2D eigenvalue weighted by Gasteiger charge is 2.35. The van der Waals surface area contributed by atoms with Crippen LogP contribution in [-0.4, -0.2) is 87.0 Å². The van der Waals surface area contributed by atoms with E-state index < -0.39 is 32.1 Å². The monoisotopic (exact) mass is 761 g/mol. The number of likely N-dealkylation sites (N-methyl/N-ethyl adjacent to an activating group) is 1. The lowest BCUT2D eigenvalue weighted by Gasteiger charge is -2.34. The van der Waals surface area contributed by atoms with Crippen molar-refractivity contribution in [3.63, 3.8) is 0 Å².